The number of aryl methyl sites for hydroxylation is 1. The van der Waals surface area contributed by atoms with Crippen molar-refractivity contribution in [2.45, 2.75) is 19.6 Å². The van der Waals surface area contributed by atoms with Crippen LogP contribution in [0.2, 0.25) is 0 Å². The summed E-state index contributed by atoms with van der Waals surface area (Å²) in [7, 11) is 0. The standard InChI is InChI=1S/C11H10F2O5/c1-5-2-6(8(15)10(16)17)3-7(4-14)9(5)18-11(12)13/h2-4,8,11,15H,1H3,(H,16,17). The fourth-order valence-electron chi connectivity index (χ4n) is 1.47. The van der Waals surface area contributed by atoms with Crippen LogP contribution in [0.1, 0.15) is 27.6 Å². The molecule has 1 aromatic carbocycles. The van der Waals surface area contributed by atoms with E-state index in [4.69, 9.17) is 5.11 Å². The van der Waals surface area contributed by atoms with Gasteiger partial charge in [0.1, 0.15) is 5.75 Å². The van der Waals surface area contributed by atoms with E-state index < -0.39 is 18.7 Å². The van der Waals surface area contributed by atoms with E-state index in [0.717, 1.165) is 6.07 Å². The van der Waals surface area contributed by atoms with E-state index in [2.05, 4.69) is 4.74 Å². The summed E-state index contributed by atoms with van der Waals surface area (Å²) in [5, 5.41) is 17.9. The lowest BCUT2D eigenvalue weighted by Crippen LogP contribution is -2.12. The van der Waals surface area contributed by atoms with Crippen molar-refractivity contribution in [2.75, 3.05) is 0 Å². The molecule has 0 aliphatic heterocycles. The molecule has 7 heteroatoms. The van der Waals surface area contributed by atoms with E-state index in [9.17, 15) is 23.5 Å². The number of carboxylic acid groups (broad SMARTS) is 1. The number of aliphatic hydroxyl groups excluding tert-OH is 1. The normalized spacial score (nSPS) is 12.3. The molecular formula is C11H10F2O5. The summed E-state index contributed by atoms with van der Waals surface area (Å²) < 4.78 is 28.4. The second-order valence-electron chi connectivity index (χ2n) is 3.49. The van der Waals surface area contributed by atoms with Crippen LogP contribution in [-0.2, 0) is 4.79 Å². The molecule has 0 radical (unpaired) electrons. The third-order valence-corrected chi connectivity index (χ3v) is 2.21. The number of aliphatic hydroxyl groups is 1. The lowest BCUT2D eigenvalue weighted by molar-refractivity contribution is -0.146. The molecule has 1 rings (SSSR count). The molecule has 1 unspecified atom stereocenters. The monoisotopic (exact) mass is 260 g/mol. The fraction of sp³-hybridized carbons (Fsp3) is 0.273. The van der Waals surface area contributed by atoms with Gasteiger partial charge < -0.3 is 14.9 Å². The number of rotatable bonds is 5. The van der Waals surface area contributed by atoms with Gasteiger partial charge in [0.05, 0.1) is 5.56 Å². The van der Waals surface area contributed by atoms with E-state index in [-0.39, 0.29) is 28.7 Å². The Kier molecular flexibility index (Phi) is 4.33. The zero-order valence-corrected chi connectivity index (χ0v) is 9.26. The Balaban J connectivity index is 3.26. The maximum atomic E-state index is 12.1. The van der Waals surface area contributed by atoms with Crippen LogP contribution in [0.5, 0.6) is 5.75 Å². The first-order valence-electron chi connectivity index (χ1n) is 4.82. The number of hydrogen-bond donors (Lipinski definition) is 2. The van der Waals surface area contributed by atoms with Gasteiger partial charge in [0, 0.05) is 0 Å². The molecule has 0 bridgehead atoms. The molecule has 0 amide bonds. The maximum Gasteiger partial charge on any atom is 0.387 e. The van der Waals surface area contributed by atoms with Crippen LogP contribution >= 0.6 is 0 Å². The van der Waals surface area contributed by atoms with Crippen LogP contribution in [0.15, 0.2) is 12.1 Å². The molecule has 18 heavy (non-hydrogen) atoms. The number of aliphatic carboxylic acids is 1. The molecule has 0 heterocycles. The Bertz CT molecular complexity index is 473. The molecule has 0 fully saturated rings. The predicted octanol–water partition coefficient (Wildman–Crippen LogP) is 1.53. The molecule has 5 nitrogen and oxygen atoms in total. The van der Waals surface area contributed by atoms with Crippen molar-refractivity contribution >= 4 is 12.3 Å². The topological polar surface area (TPSA) is 83.8 Å². The highest BCUT2D eigenvalue weighted by Gasteiger charge is 2.20. The quantitative estimate of drug-likeness (QED) is 0.784. The highest BCUT2D eigenvalue weighted by molar-refractivity contribution is 5.82. The number of hydrogen-bond acceptors (Lipinski definition) is 4. The van der Waals surface area contributed by atoms with Crippen molar-refractivity contribution in [3.05, 3.63) is 28.8 Å². The number of halogens is 2. The number of alkyl halides is 2. The van der Waals surface area contributed by atoms with Crippen molar-refractivity contribution in [3.63, 3.8) is 0 Å². The summed E-state index contributed by atoms with van der Waals surface area (Å²) >= 11 is 0. The minimum absolute atomic E-state index is 0.0799. The minimum atomic E-state index is -3.10. The van der Waals surface area contributed by atoms with Crippen molar-refractivity contribution < 1.29 is 33.3 Å². The highest BCUT2D eigenvalue weighted by atomic mass is 19.3. The Labute approximate surface area is 101 Å². The smallest absolute Gasteiger partial charge is 0.387 e. The van der Waals surface area contributed by atoms with Crippen LogP contribution in [0.25, 0.3) is 0 Å². The van der Waals surface area contributed by atoms with E-state index in [1.54, 1.807) is 0 Å². The van der Waals surface area contributed by atoms with Gasteiger partial charge in [0.2, 0.25) is 0 Å². The Morgan fingerprint density at radius 1 is 1.44 bits per heavy atom. The van der Waals surface area contributed by atoms with E-state index in [0.29, 0.717) is 0 Å². The predicted molar refractivity (Wildman–Crippen MR) is 55.8 cm³/mol. The van der Waals surface area contributed by atoms with Crippen molar-refractivity contribution in [1.29, 1.82) is 0 Å². The Hall–Kier alpha value is -2.02. The first-order valence-corrected chi connectivity index (χ1v) is 4.82. The maximum absolute atomic E-state index is 12.1. The number of carbonyl (C=O) groups is 2. The second kappa shape index (κ2) is 5.54. The number of carboxylic acids is 1. The number of ether oxygens (including phenoxy) is 1. The van der Waals surface area contributed by atoms with Gasteiger partial charge in [-0.15, -0.1) is 0 Å². The number of carbonyl (C=O) groups excluding carboxylic acids is 1. The molecule has 0 aromatic heterocycles. The molecule has 98 valence electrons. The molecule has 2 N–H and O–H groups in total. The Morgan fingerprint density at radius 2 is 2.06 bits per heavy atom. The van der Waals surface area contributed by atoms with Crippen LogP contribution in [0, 0.1) is 6.92 Å². The zero-order valence-electron chi connectivity index (χ0n) is 9.26. The molecular weight excluding hydrogens is 250 g/mol. The lowest BCUT2D eigenvalue weighted by Gasteiger charge is -2.13. The second-order valence-corrected chi connectivity index (χ2v) is 3.49. The van der Waals surface area contributed by atoms with Crippen LogP contribution in [-0.4, -0.2) is 29.1 Å². The Morgan fingerprint density at radius 3 is 2.50 bits per heavy atom. The van der Waals surface area contributed by atoms with Gasteiger partial charge in [-0.2, -0.15) is 8.78 Å². The van der Waals surface area contributed by atoms with E-state index in [1.165, 1.54) is 13.0 Å². The average Bonchev–Trinajstić information content (AvgIpc) is 2.29. The third kappa shape index (κ3) is 3.01. The summed E-state index contributed by atoms with van der Waals surface area (Å²) in [6, 6.07) is 2.17. The van der Waals surface area contributed by atoms with Gasteiger partial charge in [-0.3, -0.25) is 4.79 Å². The SMILES string of the molecule is Cc1cc(C(O)C(=O)O)cc(C=O)c1OC(F)F. The van der Waals surface area contributed by atoms with E-state index >= 15 is 0 Å². The summed E-state index contributed by atoms with van der Waals surface area (Å²) in [4.78, 5) is 21.3. The first-order chi connectivity index (χ1) is 8.36. The van der Waals surface area contributed by atoms with Gasteiger partial charge in [-0.25, -0.2) is 4.79 Å². The minimum Gasteiger partial charge on any atom is -0.479 e. The van der Waals surface area contributed by atoms with Crippen molar-refractivity contribution in [3.8, 4) is 5.75 Å². The van der Waals surface area contributed by atoms with Gasteiger partial charge in [-0.05, 0) is 30.2 Å². The van der Waals surface area contributed by atoms with Crippen LogP contribution in [0.3, 0.4) is 0 Å². The molecule has 0 aliphatic rings. The van der Waals surface area contributed by atoms with Crippen molar-refractivity contribution in [2.24, 2.45) is 0 Å². The molecule has 0 spiro atoms. The largest absolute Gasteiger partial charge is 0.479 e. The van der Waals surface area contributed by atoms with Gasteiger partial charge in [0.15, 0.2) is 12.4 Å². The fourth-order valence-corrected chi connectivity index (χ4v) is 1.47. The molecule has 1 atom stereocenters. The summed E-state index contributed by atoms with van der Waals surface area (Å²) in [6.07, 6.45) is -1.58. The molecule has 0 saturated carbocycles. The molecule has 0 saturated heterocycles. The number of benzene rings is 1. The van der Waals surface area contributed by atoms with Crippen molar-refractivity contribution in [1.82, 2.24) is 0 Å². The number of aldehydes is 1. The molecule has 1 aromatic rings. The average molecular weight is 260 g/mol. The first kappa shape index (κ1) is 14.0. The van der Waals surface area contributed by atoms with Crippen LogP contribution in [0.4, 0.5) is 8.78 Å². The summed E-state index contributed by atoms with van der Waals surface area (Å²) in [5.41, 5.74) is -0.190. The molecule has 0 aliphatic carbocycles. The van der Waals surface area contributed by atoms with Crippen LogP contribution < -0.4 is 4.74 Å². The van der Waals surface area contributed by atoms with Gasteiger partial charge >= 0.3 is 12.6 Å². The lowest BCUT2D eigenvalue weighted by atomic mass is 10.0. The summed E-state index contributed by atoms with van der Waals surface area (Å²) in [6.45, 7) is -1.74. The third-order valence-electron chi connectivity index (χ3n) is 2.21. The van der Waals surface area contributed by atoms with E-state index in [1.807, 2.05) is 0 Å². The van der Waals surface area contributed by atoms with Gasteiger partial charge in [0.25, 0.3) is 0 Å². The highest BCUT2D eigenvalue weighted by Crippen LogP contribution is 2.28. The summed E-state index contributed by atoms with van der Waals surface area (Å²) in [5.74, 6) is -1.84. The zero-order chi connectivity index (χ0) is 13.9. The van der Waals surface area contributed by atoms with Gasteiger partial charge in [-0.1, -0.05) is 0 Å².